The number of likely N-dealkylation sites (tertiary alicyclic amines) is 1. The Hall–Kier alpha value is -2.05. The molecule has 0 spiro atoms. The van der Waals surface area contributed by atoms with Gasteiger partial charge in [0.1, 0.15) is 11.5 Å². The number of thiophene rings is 1. The normalized spacial score (nSPS) is 16.7. The minimum absolute atomic E-state index is 0.0144. The molecule has 146 valence electrons. The van der Waals surface area contributed by atoms with Gasteiger partial charge in [0.2, 0.25) is 0 Å². The molecule has 1 aliphatic heterocycles. The van der Waals surface area contributed by atoms with E-state index in [1.807, 2.05) is 12.1 Å². The fraction of sp³-hybridized carbons (Fsp3) is 0.476. The molecule has 2 heterocycles. The first-order chi connectivity index (χ1) is 13.2. The number of benzene rings is 1. The van der Waals surface area contributed by atoms with Gasteiger partial charge in [0.25, 0.3) is 5.91 Å². The third-order valence-electron chi connectivity index (χ3n) is 5.05. The van der Waals surface area contributed by atoms with Crippen LogP contribution in [0.2, 0.25) is 0 Å². The minimum Gasteiger partial charge on any atom is -0.497 e. The van der Waals surface area contributed by atoms with Gasteiger partial charge >= 0.3 is 0 Å². The Morgan fingerprint density at radius 1 is 1.22 bits per heavy atom. The summed E-state index contributed by atoms with van der Waals surface area (Å²) in [5.74, 6) is 2.11. The molecule has 1 amide bonds. The topological polar surface area (TPSA) is 50.8 Å². The SMILES string of the molecule is COc1ccc(OCC(=O)NCC(c2cccs2)N2CCC(C)CC2)cc1. The van der Waals surface area contributed by atoms with E-state index in [4.69, 9.17) is 9.47 Å². The summed E-state index contributed by atoms with van der Waals surface area (Å²) in [6.45, 7) is 5.11. The standard InChI is InChI=1S/C21H28N2O3S/c1-16-9-11-23(12-10-16)19(20-4-3-13-27-20)14-22-21(24)15-26-18-7-5-17(25-2)6-8-18/h3-8,13,16,19H,9-12,14-15H2,1-2H3,(H,22,24). The maximum absolute atomic E-state index is 12.3. The highest BCUT2D eigenvalue weighted by Crippen LogP contribution is 2.29. The van der Waals surface area contributed by atoms with Crippen LogP contribution in [0.3, 0.4) is 0 Å². The number of carbonyl (C=O) groups excluding carboxylic acids is 1. The van der Waals surface area contributed by atoms with Crippen molar-refractivity contribution in [2.75, 3.05) is 33.4 Å². The first-order valence-corrected chi connectivity index (χ1v) is 10.3. The molecule has 6 heteroatoms. The van der Waals surface area contributed by atoms with Crippen LogP contribution in [0.25, 0.3) is 0 Å². The number of amides is 1. The molecule has 0 bridgehead atoms. The Balaban J connectivity index is 1.51. The van der Waals surface area contributed by atoms with Crippen molar-refractivity contribution >= 4 is 17.2 Å². The first kappa shape index (κ1) is 19.7. The summed E-state index contributed by atoms with van der Waals surface area (Å²) in [5.41, 5.74) is 0. The first-order valence-electron chi connectivity index (χ1n) is 9.46. The molecule has 1 saturated heterocycles. The zero-order valence-corrected chi connectivity index (χ0v) is 16.8. The second-order valence-corrected chi connectivity index (χ2v) is 8.00. The van der Waals surface area contributed by atoms with Crippen LogP contribution in [0, 0.1) is 5.92 Å². The van der Waals surface area contributed by atoms with E-state index >= 15 is 0 Å². The van der Waals surface area contributed by atoms with Crippen molar-refractivity contribution in [2.45, 2.75) is 25.8 Å². The van der Waals surface area contributed by atoms with Gasteiger partial charge in [-0.25, -0.2) is 0 Å². The Labute approximate surface area is 165 Å². The lowest BCUT2D eigenvalue weighted by molar-refractivity contribution is -0.123. The molecule has 27 heavy (non-hydrogen) atoms. The van der Waals surface area contributed by atoms with E-state index in [-0.39, 0.29) is 18.6 Å². The minimum atomic E-state index is -0.0993. The molecular weight excluding hydrogens is 360 g/mol. The summed E-state index contributed by atoms with van der Waals surface area (Å²) in [5, 5.41) is 5.15. The van der Waals surface area contributed by atoms with Gasteiger partial charge in [0.05, 0.1) is 13.2 Å². The zero-order chi connectivity index (χ0) is 19.1. The van der Waals surface area contributed by atoms with Crippen molar-refractivity contribution < 1.29 is 14.3 Å². The van der Waals surface area contributed by atoms with E-state index in [0.29, 0.717) is 12.3 Å². The summed E-state index contributed by atoms with van der Waals surface area (Å²) >= 11 is 1.75. The van der Waals surface area contributed by atoms with Crippen molar-refractivity contribution in [1.82, 2.24) is 10.2 Å². The third-order valence-corrected chi connectivity index (χ3v) is 6.03. The molecule has 0 radical (unpaired) electrons. The average Bonchev–Trinajstić information content (AvgIpc) is 3.23. The van der Waals surface area contributed by atoms with Gasteiger partial charge in [-0.3, -0.25) is 9.69 Å². The van der Waals surface area contributed by atoms with E-state index in [9.17, 15) is 4.79 Å². The summed E-state index contributed by atoms with van der Waals surface area (Å²) in [4.78, 5) is 16.1. The predicted molar refractivity (Wildman–Crippen MR) is 109 cm³/mol. The van der Waals surface area contributed by atoms with Crippen LogP contribution < -0.4 is 14.8 Å². The average molecular weight is 389 g/mol. The Kier molecular flexibility index (Phi) is 7.12. The molecule has 1 fully saturated rings. The number of ether oxygens (including phenoxy) is 2. The number of rotatable bonds is 8. The monoisotopic (exact) mass is 388 g/mol. The molecular formula is C21H28N2O3S. The molecule has 0 saturated carbocycles. The van der Waals surface area contributed by atoms with Crippen molar-refractivity contribution in [3.8, 4) is 11.5 Å². The summed E-state index contributed by atoms with van der Waals surface area (Å²) in [7, 11) is 1.62. The van der Waals surface area contributed by atoms with Gasteiger partial charge in [-0.05, 0) is 67.6 Å². The van der Waals surface area contributed by atoms with Crippen LogP contribution in [-0.4, -0.2) is 44.2 Å². The maximum Gasteiger partial charge on any atom is 0.258 e. The van der Waals surface area contributed by atoms with Crippen LogP contribution in [0.4, 0.5) is 0 Å². The number of hydrogen-bond acceptors (Lipinski definition) is 5. The fourth-order valence-electron chi connectivity index (χ4n) is 3.31. The largest absolute Gasteiger partial charge is 0.497 e. The highest BCUT2D eigenvalue weighted by Gasteiger charge is 2.25. The van der Waals surface area contributed by atoms with Crippen molar-refractivity contribution in [2.24, 2.45) is 5.92 Å². The molecule has 1 N–H and O–H groups in total. The number of carbonyl (C=O) groups is 1. The molecule has 1 aliphatic rings. The molecule has 1 aromatic carbocycles. The van der Waals surface area contributed by atoms with E-state index in [1.54, 1.807) is 30.6 Å². The lowest BCUT2D eigenvalue weighted by Gasteiger charge is -2.36. The number of nitrogens with zero attached hydrogens (tertiary/aromatic N) is 1. The highest BCUT2D eigenvalue weighted by molar-refractivity contribution is 7.10. The highest BCUT2D eigenvalue weighted by atomic mass is 32.1. The van der Waals surface area contributed by atoms with Crippen molar-refractivity contribution in [3.63, 3.8) is 0 Å². The van der Waals surface area contributed by atoms with Crippen LogP contribution >= 0.6 is 11.3 Å². The predicted octanol–water partition coefficient (Wildman–Crippen LogP) is 3.72. The summed E-state index contributed by atoms with van der Waals surface area (Å²) in [6.07, 6.45) is 2.44. The maximum atomic E-state index is 12.3. The van der Waals surface area contributed by atoms with Crippen LogP contribution in [0.1, 0.15) is 30.7 Å². The fourth-order valence-corrected chi connectivity index (χ4v) is 4.17. The van der Waals surface area contributed by atoms with E-state index < -0.39 is 0 Å². The van der Waals surface area contributed by atoms with Gasteiger partial charge in [-0.1, -0.05) is 13.0 Å². The van der Waals surface area contributed by atoms with E-state index in [0.717, 1.165) is 24.8 Å². The number of piperidine rings is 1. The van der Waals surface area contributed by atoms with Gasteiger partial charge in [-0.2, -0.15) is 0 Å². The molecule has 5 nitrogen and oxygen atoms in total. The molecule has 2 aromatic rings. The third kappa shape index (κ3) is 5.71. The number of hydrogen-bond donors (Lipinski definition) is 1. The second kappa shape index (κ2) is 9.76. The van der Waals surface area contributed by atoms with Gasteiger partial charge in [0.15, 0.2) is 6.61 Å². The Bertz CT molecular complexity index is 695. The molecule has 1 atom stereocenters. The van der Waals surface area contributed by atoms with Gasteiger partial charge in [-0.15, -0.1) is 11.3 Å². The lowest BCUT2D eigenvalue weighted by atomic mass is 9.97. The lowest BCUT2D eigenvalue weighted by Crippen LogP contribution is -2.42. The molecule has 3 rings (SSSR count). The second-order valence-electron chi connectivity index (χ2n) is 7.02. The summed E-state index contributed by atoms with van der Waals surface area (Å²) < 4.78 is 10.7. The van der Waals surface area contributed by atoms with Crippen LogP contribution in [-0.2, 0) is 4.79 Å². The number of nitrogens with one attached hydrogen (secondary N) is 1. The van der Waals surface area contributed by atoms with E-state index in [1.165, 1.54) is 17.7 Å². The van der Waals surface area contributed by atoms with Gasteiger partial charge < -0.3 is 14.8 Å². The van der Waals surface area contributed by atoms with Crippen LogP contribution in [0.5, 0.6) is 11.5 Å². The van der Waals surface area contributed by atoms with Crippen LogP contribution in [0.15, 0.2) is 41.8 Å². The molecule has 1 aromatic heterocycles. The Morgan fingerprint density at radius 2 is 1.93 bits per heavy atom. The Morgan fingerprint density at radius 3 is 2.56 bits per heavy atom. The van der Waals surface area contributed by atoms with Crippen molar-refractivity contribution in [3.05, 3.63) is 46.7 Å². The summed E-state index contributed by atoms with van der Waals surface area (Å²) in [6, 6.07) is 11.7. The van der Waals surface area contributed by atoms with E-state index in [2.05, 4.69) is 34.7 Å². The molecule has 1 unspecified atom stereocenters. The van der Waals surface area contributed by atoms with Gasteiger partial charge in [0, 0.05) is 11.4 Å². The van der Waals surface area contributed by atoms with Crippen molar-refractivity contribution in [1.29, 1.82) is 0 Å². The number of methoxy groups -OCH3 is 1. The smallest absolute Gasteiger partial charge is 0.258 e. The quantitative estimate of drug-likeness (QED) is 0.749. The molecule has 0 aliphatic carbocycles. The zero-order valence-electron chi connectivity index (χ0n) is 16.0.